The third kappa shape index (κ3) is 3.70. The minimum Gasteiger partial charge on any atom is -0.493 e. The fourth-order valence-corrected chi connectivity index (χ4v) is 3.34. The maximum Gasteiger partial charge on any atom is 0.165 e. The molecule has 0 saturated heterocycles. The number of benzene rings is 1. The summed E-state index contributed by atoms with van der Waals surface area (Å²) in [5.41, 5.74) is 1.19. The first-order valence-electron chi connectivity index (χ1n) is 8.32. The molecule has 0 spiro atoms. The van der Waals surface area contributed by atoms with E-state index in [2.05, 4.69) is 11.4 Å². The van der Waals surface area contributed by atoms with E-state index in [1.807, 2.05) is 19.1 Å². The molecule has 3 heteroatoms. The van der Waals surface area contributed by atoms with Gasteiger partial charge in [0.15, 0.2) is 11.5 Å². The molecule has 21 heavy (non-hydrogen) atoms. The van der Waals surface area contributed by atoms with Gasteiger partial charge >= 0.3 is 0 Å². The predicted octanol–water partition coefficient (Wildman–Crippen LogP) is 3.62. The van der Waals surface area contributed by atoms with Crippen LogP contribution in [0.25, 0.3) is 0 Å². The van der Waals surface area contributed by atoms with Crippen LogP contribution < -0.4 is 14.8 Å². The fourth-order valence-electron chi connectivity index (χ4n) is 3.34. The standard InChI is InChI=1S/C18H27NO2/c1-3-21-17-6-4-5-15(18(17)20-2)11-19-12-16(13-7-8-13)14-9-10-14/h4-6,13-14,16,19H,3,7-12H2,1-2H3. The topological polar surface area (TPSA) is 30.5 Å². The number of nitrogens with one attached hydrogen (secondary N) is 1. The fraction of sp³-hybridized carbons (Fsp3) is 0.667. The van der Waals surface area contributed by atoms with Crippen LogP contribution in [0.5, 0.6) is 11.5 Å². The Hall–Kier alpha value is -1.22. The largest absolute Gasteiger partial charge is 0.493 e. The molecule has 2 saturated carbocycles. The van der Waals surface area contributed by atoms with E-state index in [9.17, 15) is 0 Å². The Morgan fingerprint density at radius 2 is 1.90 bits per heavy atom. The summed E-state index contributed by atoms with van der Waals surface area (Å²) in [7, 11) is 1.72. The van der Waals surface area contributed by atoms with Crippen molar-refractivity contribution in [2.45, 2.75) is 39.2 Å². The number of ether oxygens (including phenoxy) is 2. The lowest BCUT2D eigenvalue weighted by atomic mass is 9.98. The molecule has 1 aromatic carbocycles. The normalized spacial score (nSPS) is 18.0. The molecule has 116 valence electrons. The van der Waals surface area contributed by atoms with E-state index in [-0.39, 0.29) is 0 Å². The van der Waals surface area contributed by atoms with Gasteiger partial charge in [-0.1, -0.05) is 12.1 Å². The molecule has 3 rings (SSSR count). The third-order valence-corrected chi connectivity index (χ3v) is 4.71. The lowest BCUT2D eigenvalue weighted by Crippen LogP contribution is -2.25. The molecule has 0 aliphatic heterocycles. The molecule has 0 radical (unpaired) electrons. The first-order chi connectivity index (χ1) is 10.3. The predicted molar refractivity (Wildman–Crippen MR) is 84.8 cm³/mol. The number of hydrogen-bond acceptors (Lipinski definition) is 3. The van der Waals surface area contributed by atoms with Gasteiger partial charge in [0.25, 0.3) is 0 Å². The molecular formula is C18H27NO2. The summed E-state index contributed by atoms with van der Waals surface area (Å²) in [5, 5.41) is 3.65. The van der Waals surface area contributed by atoms with Crippen molar-refractivity contribution >= 4 is 0 Å². The summed E-state index contributed by atoms with van der Waals surface area (Å²) < 4.78 is 11.2. The summed E-state index contributed by atoms with van der Waals surface area (Å²) in [6.07, 6.45) is 5.80. The van der Waals surface area contributed by atoms with Gasteiger partial charge in [-0.2, -0.15) is 0 Å². The minimum absolute atomic E-state index is 0.665. The van der Waals surface area contributed by atoms with Crippen LogP contribution in [0.1, 0.15) is 38.2 Å². The summed E-state index contributed by atoms with van der Waals surface area (Å²) >= 11 is 0. The molecule has 1 aromatic rings. The maximum absolute atomic E-state index is 5.64. The lowest BCUT2D eigenvalue weighted by molar-refractivity contribution is 0.308. The second-order valence-electron chi connectivity index (χ2n) is 6.35. The van der Waals surface area contributed by atoms with Crippen LogP contribution in [0.2, 0.25) is 0 Å². The molecule has 0 amide bonds. The van der Waals surface area contributed by atoms with E-state index >= 15 is 0 Å². The van der Waals surface area contributed by atoms with Crippen molar-refractivity contribution in [3.05, 3.63) is 23.8 Å². The summed E-state index contributed by atoms with van der Waals surface area (Å²) in [5.74, 6) is 4.64. The molecular weight excluding hydrogens is 262 g/mol. The monoisotopic (exact) mass is 289 g/mol. The molecule has 0 bridgehead atoms. The maximum atomic E-state index is 5.64. The molecule has 0 aromatic heterocycles. The van der Waals surface area contributed by atoms with Crippen LogP contribution >= 0.6 is 0 Å². The SMILES string of the molecule is CCOc1cccc(CNCC(C2CC2)C2CC2)c1OC. The lowest BCUT2D eigenvalue weighted by Gasteiger charge is -2.18. The molecule has 2 fully saturated rings. The third-order valence-electron chi connectivity index (χ3n) is 4.71. The van der Waals surface area contributed by atoms with Crippen molar-refractivity contribution in [3.63, 3.8) is 0 Å². The summed E-state index contributed by atoms with van der Waals surface area (Å²) in [6, 6.07) is 6.14. The van der Waals surface area contributed by atoms with Crippen molar-refractivity contribution in [2.75, 3.05) is 20.3 Å². The zero-order valence-electron chi connectivity index (χ0n) is 13.2. The van der Waals surface area contributed by atoms with Crippen LogP contribution in [0.4, 0.5) is 0 Å². The second-order valence-corrected chi connectivity index (χ2v) is 6.35. The van der Waals surface area contributed by atoms with Gasteiger partial charge in [-0.3, -0.25) is 0 Å². The minimum atomic E-state index is 0.665. The highest BCUT2D eigenvalue weighted by molar-refractivity contribution is 5.46. The van der Waals surface area contributed by atoms with Crippen molar-refractivity contribution in [1.82, 2.24) is 5.32 Å². The Balaban J connectivity index is 1.57. The molecule has 0 atom stereocenters. The smallest absolute Gasteiger partial charge is 0.165 e. The van der Waals surface area contributed by atoms with Gasteiger partial charge in [0.05, 0.1) is 13.7 Å². The van der Waals surface area contributed by atoms with Crippen LogP contribution in [0.15, 0.2) is 18.2 Å². The number of hydrogen-bond donors (Lipinski definition) is 1. The second kappa shape index (κ2) is 6.69. The summed E-state index contributed by atoms with van der Waals surface area (Å²) in [4.78, 5) is 0. The Morgan fingerprint density at radius 3 is 2.48 bits per heavy atom. The van der Waals surface area contributed by atoms with Gasteiger partial charge in [0, 0.05) is 12.1 Å². The van der Waals surface area contributed by atoms with E-state index in [4.69, 9.17) is 9.47 Å². The van der Waals surface area contributed by atoms with Gasteiger partial charge in [-0.25, -0.2) is 0 Å². The Morgan fingerprint density at radius 1 is 1.19 bits per heavy atom. The van der Waals surface area contributed by atoms with E-state index in [0.717, 1.165) is 42.3 Å². The first kappa shape index (κ1) is 14.7. The van der Waals surface area contributed by atoms with E-state index < -0.39 is 0 Å². The average molecular weight is 289 g/mol. The highest BCUT2D eigenvalue weighted by atomic mass is 16.5. The van der Waals surface area contributed by atoms with E-state index in [1.54, 1.807) is 7.11 Å². The van der Waals surface area contributed by atoms with Crippen molar-refractivity contribution in [1.29, 1.82) is 0 Å². The van der Waals surface area contributed by atoms with Crippen LogP contribution in [-0.4, -0.2) is 20.3 Å². The van der Waals surface area contributed by atoms with Gasteiger partial charge in [0.1, 0.15) is 0 Å². The van der Waals surface area contributed by atoms with Gasteiger partial charge in [0.2, 0.25) is 0 Å². The molecule has 3 nitrogen and oxygen atoms in total. The zero-order chi connectivity index (χ0) is 14.7. The number of para-hydroxylation sites is 1. The summed E-state index contributed by atoms with van der Waals surface area (Å²) in [6.45, 7) is 4.68. The van der Waals surface area contributed by atoms with Gasteiger partial charge in [-0.05, 0) is 63.0 Å². The first-order valence-corrected chi connectivity index (χ1v) is 8.32. The van der Waals surface area contributed by atoms with Crippen molar-refractivity contribution < 1.29 is 9.47 Å². The molecule has 0 heterocycles. The Kier molecular flexibility index (Phi) is 4.69. The highest BCUT2D eigenvalue weighted by Gasteiger charge is 2.40. The van der Waals surface area contributed by atoms with Crippen molar-refractivity contribution in [3.8, 4) is 11.5 Å². The van der Waals surface area contributed by atoms with Gasteiger partial charge in [-0.15, -0.1) is 0 Å². The number of rotatable bonds is 9. The van der Waals surface area contributed by atoms with Crippen LogP contribution in [0, 0.1) is 17.8 Å². The van der Waals surface area contributed by atoms with Crippen LogP contribution in [0.3, 0.4) is 0 Å². The Labute approximate surface area is 128 Å². The zero-order valence-corrected chi connectivity index (χ0v) is 13.2. The molecule has 0 unspecified atom stereocenters. The molecule has 1 N–H and O–H groups in total. The number of methoxy groups -OCH3 is 1. The molecule has 2 aliphatic carbocycles. The van der Waals surface area contributed by atoms with Gasteiger partial charge < -0.3 is 14.8 Å². The van der Waals surface area contributed by atoms with Crippen molar-refractivity contribution in [2.24, 2.45) is 17.8 Å². The van der Waals surface area contributed by atoms with E-state index in [0.29, 0.717) is 6.61 Å². The van der Waals surface area contributed by atoms with E-state index in [1.165, 1.54) is 31.2 Å². The highest BCUT2D eigenvalue weighted by Crippen LogP contribution is 2.48. The molecule has 2 aliphatic rings. The average Bonchev–Trinajstić information content (AvgIpc) is 3.38. The quantitative estimate of drug-likeness (QED) is 0.753. The Bertz CT molecular complexity index is 454. The van der Waals surface area contributed by atoms with Crippen LogP contribution in [-0.2, 0) is 6.54 Å².